The topological polar surface area (TPSA) is 29.1 Å². The molecular formula is C16H14BrCl2NOS. The van der Waals surface area contributed by atoms with Crippen LogP contribution in [-0.2, 0) is 5.75 Å². The van der Waals surface area contributed by atoms with Crippen molar-refractivity contribution in [1.82, 2.24) is 5.32 Å². The molecular weight excluding hydrogens is 405 g/mol. The van der Waals surface area contributed by atoms with Crippen molar-refractivity contribution in [2.45, 2.75) is 5.75 Å². The van der Waals surface area contributed by atoms with E-state index in [0.29, 0.717) is 17.1 Å². The largest absolute Gasteiger partial charge is 0.351 e. The molecule has 6 heteroatoms. The lowest BCUT2D eigenvalue weighted by molar-refractivity contribution is 0.0956. The zero-order chi connectivity index (χ0) is 15.9. The fourth-order valence-corrected chi connectivity index (χ4v) is 3.28. The Bertz CT molecular complexity index is 649. The molecule has 1 amide bonds. The van der Waals surface area contributed by atoms with Gasteiger partial charge in [-0.1, -0.05) is 51.3 Å². The fraction of sp³-hybridized carbons (Fsp3) is 0.188. The molecule has 0 aliphatic heterocycles. The number of nitrogens with one attached hydrogen (secondary N) is 1. The summed E-state index contributed by atoms with van der Waals surface area (Å²) in [6.45, 7) is 0.597. The molecule has 2 rings (SSSR count). The number of rotatable bonds is 6. The lowest BCUT2D eigenvalue weighted by Gasteiger charge is -2.07. The Morgan fingerprint density at radius 2 is 1.86 bits per heavy atom. The van der Waals surface area contributed by atoms with Crippen LogP contribution in [0.3, 0.4) is 0 Å². The highest BCUT2D eigenvalue weighted by Gasteiger charge is 2.10. The Kier molecular flexibility index (Phi) is 7.09. The number of benzene rings is 2. The molecule has 2 aromatic rings. The standard InChI is InChI=1S/C16H14BrCl2NOS/c17-12-3-6-15(19)14(9-12)16(21)20-7-8-22-10-11-1-4-13(18)5-2-11/h1-6,9H,7-8,10H2,(H,20,21). The van der Waals surface area contributed by atoms with Gasteiger partial charge in [-0.15, -0.1) is 0 Å². The summed E-state index contributed by atoms with van der Waals surface area (Å²) in [5.74, 6) is 1.57. The van der Waals surface area contributed by atoms with Crippen molar-refractivity contribution >= 4 is 56.8 Å². The van der Waals surface area contributed by atoms with Crippen LogP contribution in [-0.4, -0.2) is 18.2 Å². The number of hydrogen-bond donors (Lipinski definition) is 1. The molecule has 2 nitrogen and oxygen atoms in total. The van der Waals surface area contributed by atoms with E-state index in [1.165, 1.54) is 5.56 Å². The van der Waals surface area contributed by atoms with Gasteiger partial charge in [-0.25, -0.2) is 0 Å². The quantitative estimate of drug-likeness (QED) is 0.634. The molecule has 0 saturated heterocycles. The number of amides is 1. The molecule has 1 N–H and O–H groups in total. The van der Waals surface area contributed by atoms with Crippen LogP contribution < -0.4 is 5.32 Å². The lowest BCUT2D eigenvalue weighted by atomic mass is 10.2. The summed E-state index contributed by atoms with van der Waals surface area (Å²) in [7, 11) is 0. The monoisotopic (exact) mass is 417 g/mol. The third kappa shape index (κ3) is 5.51. The predicted octanol–water partition coefficient (Wildman–Crippen LogP) is 5.42. The number of hydrogen-bond acceptors (Lipinski definition) is 2. The highest BCUT2D eigenvalue weighted by atomic mass is 79.9. The van der Waals surface area contributed by atoms with Crippen LogP contribution in [0.1, 0.15) is 15.9 Å². The van der Waals surface area contributed by atoms with Gasteiger partial charge in [0.15, 0.2) is 0 Å². The highest BCUT2D eigenvalue weighted by molar-refractivity contribution is 9.10. The fourth-order valence-electron chi connectivity index (χ4n) is 1.77. The minimum absolute atomic E-state index is 0.154. The average Bonchev–Trinajstić information content (AvgIpc) is 2.51. The van der Waals surface area contributed by atoms with E-state index in [1.807, 2.05) is 24.3 Å². The second-order valence-electron chi connectivity index (χ2n) is 4.56. The Labute approximate surface area is 152 Å². The van der Waals surface area contributed by atoms with E-state index in [2.05, 4.69) is 21.2 Å². The first-order valence-corrected chi connectivity index (χ1v) is 9.32. The Morgan fingerprint density at radius 3 is 2.59 bits per heavy atom. The first kappa shape index (κ1) is 17.7. The molecule has 0 aliphatic rings. The van der Waals surface area contributed by atoms with Crippen molar-refractivity contribution in [3.05, 3.63) is 68.1 Å². The van der Waals surface area contributed by atoms with Crippen molar-refractivity contribution in [2.75, 3.05) is 12.3 Å². The summed E-state index contributed by atoms with van der Waals surface area (Å²) in [4.78, 5) is 12.0. The molecule has 0 fully saturated rings. The predicted molar refractivity (Wildman–Crippen MR) is 99.1 cm³/mol. The van der Waals surface area contributed by atoms with Crippen LogP contribution in [0.5, 0.6) is 0 Å². The molecule has 0 spiro atoms. The first-order chi connectivity index (χ1) is 10.6. The maximum Gasteiger partial charge on any atom is 0.252 e. The SMILES string of the molecule is O=C(NCCSCc1ccc(Cl)cc1)c1cc(Br)ccc1Cl. The maximum absolute atomic E-state index is 12.0. The lowest BCUT2D eigenvalue weighted by Crippen LogP contribution is -2.26. The number of halogens is 3. The number of carbonyl (C=O) groups is 1. The van der Waals surface area contributed by atoms with Crippen molar-refractivity contribution in [3.63, 3.8) is 0 Å². The number of carbonyl (C=O) groups excluding carboxylic acids is 1. The van der Waals surface area contributed by atoms with Crippen LogP contribution in [0.4, 0.5) is 0 Å². The Balaban J connectivity index is 1.73. The molecule has 0 bridgehead atoms. The van der Waals surface area contributed by atoms with Crippen LogP contribution in [0.2, 0.25) is 10.0 Å². The van der Waals surface area contributed by atoms with Gasteiger partial charge < -0.3 is 5.32 Å². The molecule has 22 heavy (non-hydrogen) atoms. The molecule has 0 unspecified atom stereocenters. The van der Waals surface area contributed by atoms with Gasteiger partial charge in [0.2, 0.25) is 0 Å². The smallest absolute Gasteiger partial charge is 0.252 e. The van der Waals surface area contributed by atoms with Crippen LogP contribution in [0.15, 0.2) is 46.9 Å². The van der Waals surface area contributed by atoms with Gasteiger partial charge in [0.25, 0.3) is 5.91 Å². The Hall–Kier alpha value is -0.680. The second-order valence-corrected chi connectivity index (χ2v) is 7.42. The van der Waals surface area contributed by atoms with Crippen molar-refractivity contribution < 1.29 is 4.79 Å². The summed E-state index contributed by atoms with van der Waals surface area (Å²) in [5, 5.41) is 4.07. The zero-order valence-electron chi connectivity index (χ0n) is 11.6. The van der Waals surface area contributed by atoms with E-state index in [-0.39, 0.29) is 5.91 Å². The van der Waals surface area contributed by atoms with Gasteiger partial charge in [0.05, 0.1) is 10.6 Å². The van der Waals surface area contributed by atoms with E-state index in [1.54, 1.807) is 30.0 Å². The van der Waals surface area contributed by atoms with Gasteiger partial charge in [-0.3, -0.25) is 4.79 Å². The van der Waals surface area contributed by atoms with Crippen molar-refractivity contribution in [2.24, 2.45) is 0 Å². The van der Waals surface area contributed by atoms with Gasteiger partial charge in [0.1, 0.15) is 0 Å². The third-order valence-corrected chi connectivity index (χ3v) is 4.99. The molecule has 0 atom stereocenters. The van der Waals surface area contributed by atoms with Crippen LogP contribution in [0.25, 0.3) is 0 Å². The summed E-state index contributed by atoms with van der Waals surface area (Å²) in [6.07, 6.45) is 0. The van der Waals surface area contributed by atoms with Gasteiger partial charge in [-0.2, -0.15) is 11.8 Å². The molecule has 116 valence electrons. The summed E-state index contributed by atoms with van der Waals surface area (Å²) in [5.41, 5.74) is 1.70. The molecule has 0 aliphatic carbocycles. The Morgan fingerprint density at radius 1 is 1.14 bits per heavy atom. The second kappa shape index (κ2) is 8.82. The van der Waals surface area contributed by atoms with Crippen LogP contribution >= 0.6 is 50.9 Å². The summed E-state index contributed by atoms with van der Waals surface area (Å²) < 4.78 is 0.833. The molecule has 0 aromatic heterocycles. The number of thioether (sulfide) groups is 1. The summed E-state index contributed by atoms with van der Waals surface area (Å²) in [6, 6.07) is 13.0. The summed E-state index contributed by atoms with van der Waals surface area (Å²) >= 11 is 17.0. The minimum atomic E-state index is -0.154. The molecule has 0 heterocycles. The average molecular weight is 419 g/mol. The third-order valence-electron chi connectivity index (χ3n) is 2.89. The van der Waals surface area contributed by atoms with E-state index in [4.69, 9.17) is 23.2 Å². The van der Waals surface area contributed by atoms with Crippen molar-refractivity contribution in [1.29, 1.82) is 0 Å². The normalized spacial score (nSPS) is 10.5. The van der Waals surface area contributed by atoms with E-state index in [0.717, 1.165) is 21.0 Å². The first-order valence-electron chi connectivity index (χ1n) is 6.61. The van der Waals surface area contributed by atoms with Gasteiger partial charge >= 0.3 is 0 Å². The highest BCUT2D eigenvalue weighted by Crippen LogP contribution is 2.21. The van der Waals surface area contributed by atoms with E-state index in [9.17, 15) is 4.79 Å². The van der Waals surface area contributed by atoms with Gasteiger partial charge in [0, 0.05) is 27.5 Å². The van der Waals surface area contributed by atoms with E-state index >= 15 is 0 Å². The molecule has 2 aromatic carbocycles. The zero-order valence-corrected chi connectivity index (χ0v) is 15.5. The van der Waals surface area contributed by atoms with E-state index < -0.39 is 0 Å². The van der Waals surface area contributed by atoms with Crippen LogP contribution in [0, 0.1) is 0 Å². The minimum Gasteiger partial charge on any atom is -0.351 e. The molecule has 0 saturated carbocycles. The molecule has 0 radical (unpaired) electrons. The van der Waals surface area contributed by atoms with Gasteiger partial charge in [-0.05, 0) is 35.9 Å². The van der Waals surface area contributed by atoms with Crippen molar-refractivity contribution in [3.8, 4) is 0 Å². The maximum atomic E-state index is 12.0.